The van der Waals surface area contributed by atoms with Gasteiger partial charge < -0.3 is 10.6 Å². The van der Waals surface area contributed by atoms with Crippen LogP contribution in [0, 0.1) is 5.82 Å². The van der Waals surface area contributed by atoms with Crippen molar-refractivity contribution >= 4 is 15.9 Å². The fourth-order valence-corrected chi connectivity index (χ4v) is 2.51. The van der Waals surface area contributed by atoms with Crippen molar-refractivity contribution < 1.29 is 4.39 Å². The van der Waals surface area contributed by atoms with Crippen LogP contribution in [0.15, 0.2) is 53.0 Å². The number of benzene rings is 2. The van der Waals surface area contributed by atoms with Gasteiger partial charge in [0, 0.05) is 17.1 Å². The normalized spacial score (nSPS) is 12.6. The van der Waals surface area contributed by atoms with Crippen molar-refractivity contribution in [3.63, 3.8) is 0 Å². The van der Waals surface area contributed by atoms with Gasteiger partial charge in [0.25, 0.3) is 0 Å². The molecule has 0 amide bonds. The van der Waals surface area contributed by atoms with E-state index in [1.54, 1.807) is 6.07 Å². The van der Waals surface area contributed by atoms with Crippen LogP contribution in [-0.2, 0) is 6.54 Å². The van der Waals surface area contributed by atoms with Crippen molar-refractivity contribution in [1.29, 1.82) is 0 Å². The molecule has 1 unspecified atom stereocenters. The second-order valence-corrected chi connectivity index (χ2v) is 6.23. The van der Waals surface area contributed by atoms with E-state index in [0.717, 1.165) is 29.5 Å². The molecule has 0 aliphatic rings. The molecule has 0 radical (unpaired) electrons. The summed E-state index contributed by atoms with van der Waals surface area (Å²) in [4.78, 5) is 2.22. The molecule has 2 rings (SSSR count). The van der Waals surface area contributed by atoms with Gasteiger partial charge in [-0.2, -0.15) is 0 Å². The van der Waals surface area contributed by atoms with Gasteiger partial charge >= 0.3 is 0 Å². The van der Waals surface area contributed by atoms with Crippen molar-refractivity contribution in [1.82, 2.24) is 4.90 Å². The highest BCUT2D eigenvalue weighted by molar-refractivity contribution is 9.10. The summed E-state index contributed by atoms with van der Waals surface area (Å²) in [6.07, 6.45) is 0.802. The Hall–Kier alpha value is -1.23. The van der Waals surface area contributed by atoms with Gasteiger partial charge in [0.1, 0.15) is 5.82 Å². The van der Waals surface area contributed by atoms with E-state index >= 15 is 0 Å². The minimum absolute atomic E-state index is 0.131. The second kappa shape index (κ2) is 7.69. The lowest BCUT2D eigenvalue weighted by Gasteiger charge is -2.19. The Labute approximate surface area is 133 Å². The topological polar surface area (TPSA) is 29.3 Å². The predicted molar refractivity (Wildman–Crippen MR) is 88.4 cm³/mol. The monoisotopic (exact) mass is 350 g/mol. The fourth-order valence-electron chi connectivity index (χ4n) is 2.24. The second-order valence-electron chi connectivity index (χ2n) is 5.31. The van der Waals surface area contributed by atoms with Crippen LogP contribution in [0.25, 0.3) is 0 Å². The summed E-state index contributed by atoms with van der Waals surface area (Å²) in [5.74, 6) is -0.230. The Balaban J connectivity index is 1.83. The average Bonchev–Trinajstić information content (AvgIpc) is 2.47. The molecule has 0 bridgehead atoms. The third-order valence-corrected chi connectivity index (χ3v) is 3.99. The molecule has 2 nitrogen and oxygen atoms in total. The first-order valence-electron chi connectivity index (χ1n) is 6.98. The first-order chi connectivity index (χ1) is 10.0. The van der Waals surface area contributed by atoms with Gasteiger partial charge in [-0.25, -0.2) is 4.39 Å². The Bertz CT molecular complexity index is 571. The van der Waals surface area contributed by atoms with Gasteiger partial charge in [-0.3, -0.25) is 0 Å². The van der Waals surface area contributed by atoms with Crippen LogP contribution in [0.3, 0.4) is 0 Å². The maximum atomic E-state index is 13.2. The first-order valence-corrected chi connectivity index (χ1v) is 7.78. The van der Waals surface area contributed by atoms with Crippen LogP contribution in [0.5, 0.6) is 0 Å². The lowest BCUT2D eigenvalue weighted by Crippen LogP contribution is -2.23. The molecule has 0 saturated heterocycles. The van der Waals surface area contributed by atoms with E-state index < -0.39 is 0 Å². The van der Waals surface area contributed by atoms with Crippen LogP contribution < -0.4 is 5.73 Å². The summed E-state index contributed by atoms with van der Waals surface area (Å²) >= 11 is 3.43. The number of rotatable bonds is 6. The molecule has 0 aromatic heterocycles. The van der Waals surface area contributed by atoms with Gasteiger partial charge in [0.05, 0.1) is 0 Å². The van der Waals surface area contributed by atoms with E-state index in [4.69, 9.17) is 5.73 Å². The molecule has 0 spiro atoms. The Morgan fingerprint density at radius 2 is 1.90 bits per heavy atom. The smallest absolute Gasteiger partial charge is 0.123 e. The summed E-state index contributed by atoms with van der Waals surface area (Å²) < 4.78 is 14.3. The molecule has 1 atom stereocenters. The third-order valence-electron chi connectivity index (χ3n) is 3.46. The standard InChI is InChI=1S/C17H20BrFN2/c1-21(12-13-5-7-15(18)8-6-13)10-9-17(20)14-3-2-4-16(19)11-14/h2-8,11,17H,9-10,12,20H2,1H3. The van der Waals surface area contributed by atoms with Crippen LogP contribution in [0.2, 0.25) is 0 Å². The van der Waals surface area contributed by atoms with E-state index in [0.29, 0.717) is 0 Å². The number of halogens is 2. The Morgan fingerprint density at radius 3 is 2.57 bits per heavy atom. The molecule has 112 valence electrons. The lowest BCUT2D eigenvalue weighted by molar-refractivity contribution is 0.311. The molecule has 2 aromatic carbocycles. The highest BCUT2D eigenvalue weighted by atomic mass is 79.9. The zero-order chi connectivity index (χ0) is 15.2. The van der Waals surface area contributed by atoms with Gasteiger partial charge in [-0.15, -0.1) is 0 Å². The number of nitrogens with zero attached hydrogens (tertiary/aromatic N) is 1. The summed E-state index contributed by atoms with van der Waals surface area (Å²) in [6.45, 7) is 1.75. The molecule has 21 heavy (non-hydrogen) atoms. The maximum Gasteiger partial charge on any atom is 0.123 e. The molecule has 0 saturated carbocycles. The molecule has 0 aliphatic carbocycles. The SMILES string of the molecule is CN(CCC(N)c1cccc(F)c1)Cc1ccc(Br)cc1. The van der Waals surface area contributed by atoms with Crippen molar-refractivity contribution in [2.24, 2.45) is 5.73 Å². The lowest BCUT2D eigenvalue weighted by atomic mass is 10.0. The molecule has 2 aromatic rings. The Kier molecular flexibility index (Phi) is 5.91. The predicted octanol–water partition coefficient (Wildman–Crippen LogP) is 4.11. The van der Waals surface area contributed by atoms with Gasteiger partial charge in [-0.05, 0) is 55.4 Å². The van der Waals surface area contributed by atoms with Gasteiger partial charge in [-0.1, -0.05) is 40.2 Å². The minimum Gasteiger partial charge on any atom is -0.324 e. The van der Waals surface area contributed by atoms with Crippen molar-refractivity contribution in [3.8, 4) is 0 Å². The van der Waals surface area contributed by atoms with E-state index in [1.807, 2.05) is 18.2 Å². The molecule has 0 fully saturated rings. The highest BCUT2D eigenvalue weighted by Gasteiger charge is 2.08. The summed E-state index contributed by atoms with van der Waals surface area (Å²) in [5, 5.41) is 0. The fraction of sp³-hybridized carbons (Fsp3) is 0.294. The molecule has 0 heterocycles. The zero-order valence-electron chi connectivity index (χ0n) is 12.1. The van der Waals surface area contributed by atoms with Crippen molar-refractivity contribution in [2.75, 3.05) is 13.6 Å². The van der Waals surface area contributed by atoms with Gasteiger partial charge in [0.15, 0.2) is 0 Å². The van der Waals surface area contributed by atoms with Crippen LogP contribution in [-0.4, -0.2) is 18.5 Å². The van der Waals surface area contributed by atoms with E-state index in [1.165, 1.54) is 17.7 Å². The van der Waals surface area contributed by atoms with Crippen molar-refractivity contribution in [2.45, 2.75) is 19.0 Å². The molecule has 0 aliphatic heterocycles. The minimum atomic E-state index is -0.230. The van der Waals surface area contributed by atoms with Crippen LogP contribution in [0.4, 0.5) is 4.39 Å². The molecule has 4 heteroatoms. The average molecular weight is 351 g/mol. The number of nitrogens with two attached hydrogens (primary N) is 1. The molecular formula is C17H20BrFN2. The number of hydrogen-bond acceptors (Lipinski definition) is 2. The summed E-state index contributed by atoms with van der Waals surface area (Å²) in [7, 11) is 2.07. The summed E-state index contributed by atoms with van der Waals surface area (Å²) in [6, 6.07) is 14.7. The van der Waals surface area contributed by atoms with E-state index in [-0.39, 0.29) is 11.9 Å². The van der Waals surface area contributed by atoms with E-state index in [9.17, 15) is 4.39 Å². The highest BCUT2D eigenvalue weighted by Crippen LogP contribution is 2.16. The number of hydrogen-bond donors (Lipinski definition) is 1. The Morgan fingerprint density at radius 1 is 1.19 bits per heavy atom. The first kappa shape index (κ1) is 16.1. The van der Waals surface area contributed by atoms with Gasteiger partial charge in [0.2, 0.25) is 0 Å². The molecular weight excluding hydrogens is 331 g/mol. The van der Waals surface area contributed by atoms with Crippen LogP contribution >= 0.6 is 15.9 Å². The maximum absolute atomic E-state index is 13.2. The zero-order valence-corrected chi connectivity index (χ0v) is 13.7. The van der Waals surface area contributed by atoms with Crippen molar-refractivity contribution in [3.05, 3.63) is 69.9 Å². The summed E-state index contributed by atoms with van der Waals surface area (Å²) in [5.41, 5.74) is 8.24. The third kappa shape index (κ3) is 5.23. The quantitative estimate of drug-likeness (QED) is 0.849. The molecule has 2 N–H and O–H groups in total. The van der Waals surface area contributed by atoms with E-state index in [2.05, 4.69) is 40.0 Å². The van der Waals surface area contributed by atoms with Crippen LogP contribution in [0.1, 0.15) is 23.6 Å². The largest absolute Gasteiger partial charge is 0.324 e.